The first-order valence-corrected chi connectivity index (χ1v) is 7.95. The molecular weight excluding hydrogens is 224 g/mol. The fraction of sp³-hybridized carbons (Fsp3) is 1.00. The van der Waals surface area contributed by atoms with Crippen LogP contribution in [0, 0.1) is 0 Å². The highest BCUT2D eigenvalue weighted by molar-refractivity contribution is 7.90. The van der Waals surface area contributed by atoms with Gasteiger partial charge in [-0.3, -0.25) is 0 Å². The predicted molar refractivity (Wildman–Crippen MR) is 64.8 cm³/mol. The molecular formula is C11H22N2O2S. The molecule has 2 aliphatic rings. The summed E-state index contributed by atoms with van der Waals surface area (Å²) in [4.78, 5) is 0. The molecule has 1 saturated carbocycles. The van der Waals surface area contributed by atoms with E-state index >= 15 is 0 Å². The van der Waals surface area contributed by atoms with Gasteiger partial charge < -0.3 is 5.32 Å². The average Bonchev–Trinajstić information content (AvgIpc) is 2.90. The zero-order valence-electron chi connectivity index (χ0n) is 9.74. The van der Waals surface area contributed by atoms with Gasteiger partial charge in [0, 0.05) is 12.6 Å². The third-order valence-corrected chi connectivity index (χ3v) is 5.66. The molecule has 2 fully saturated rings. The van der Waals surface area contributed by atoms with Gasteiger partial charge in [-0.05, 0) is 38.6 Å². The Morgan fingerprint density at radius 2 is 1.88 bits per heavy atom. The molecule has 1 unspecified atom stereocenters. The maximum atomic E-state index is 11.9. The van der Waals surface area contributed by atoms with Crippen molar-refractivity contribution in [3.05, 3.63) is 0 Å². The lowest BCUT2D eigenvalue weighted by atomic mass is 10.2. The van der Waals surface area contributed by atoms with E-state index in [-0.39, 0.29) is 5.25 Å². The Hall–Kier alpha value is -0.130. The fourth-order valence-electron chi connectivity index (χ4n) is 2.70. The van der Waals surface area contributed by atoms with Crippen molar-refractivity contribution in [2.45, 2.75) is 56.2 Å². The molecule has 0 aromatic heterocycles. The molecule has 1 aliphatic carbocycles. The number of hydrogen-bond acceptors (Lipinski definition) is 3. The van der Waals surface area contributed by atoms with Crippen molar-refractivity contribution in [1.29, 1.82) is 0 Å². The van der Waals surface area contributed by atoms with Crippen molar-refractivity contribution in [2.75, 3.05) is 13.1 Å². The molecule has 0 bridgehead atoms. The van der Waals surface area contributed by atoms with Gasteiger partial charge in [-0.25, -0.2) is 13.1 Å². The molecule has 0 amide bonds. The van der Waals surface area contributed by atoms with E-state index in [1.165, 1.54) is 12.8 Å². The molecule has 2 N–H and O–H groups in total. The van der Waals surface area contributed by atoms with E-state index in [1.54, 1.807) is 0 Å². The molecule has 5 heteroatoms. The minimum absolute atomic E-state index is 0.121. The van der Waals surface area contributed by atoms with E-state index in [1.807, 2.05) is 0 Å². The zero-order valence-corrected chi connectivity index (χ0v) is 10.6. The molecule has 94 valence electrons. The van der Waals surface area contributed by atoms with Crippen molar-refractivity contribution < 1.29 is 8.42 Å². The molecule has 0 radical (unpaired) electrons. The second-order valence-corrected chi connectivity index (χ2v) is 6.97. The quantitative estimate of drug-likeness (QED) is 0.760. The summed E-state index contributed by atoms with van der Waals surface area (Å²) >= 11 is 0. The summed E-state index contributed by atoms with van der Waals surface area (Å²) in [6.45, 7) is 1.68. The van der Waals surface area contributed by atoms with Gasteiger partial charge >= 0.3 is 0 Å². The summed E-state index contributed by atoms with van der Waals surface area (Å²) in [7, 11) is -3.03. The van der Waals surface area contributed by atoms with Crippen LogP contribution < -0.4 is 10.0 Å². The highest BCUT2D eigenvalue weighted by atomic mass is 32.2. The number of sulfonamides is 1. The molecule has 0 aromatic rings. The zero-order chi connectivity index (χ0) is 11.4. The van der Waals surface area contributed by atoms with Gasteiger partial charge in [0.05, 0.1) is 5.25 Å². The number of hydrogen-bond donors (Lipinski definition) is 2. The van der Waals surface area contributed by atoms with Crippen LogP contribution in [0.2, 0.25) is 0 Å². The standard InChI is InChI=1S/C11H22N2O2S/c14-16(15,11-5-1-2-6-11)13-9-7-10-4-3-8-12-10/h10-13H,1-9H2. The number of nitrogens with one attached hydrogen (secondary N) is 2. The predicted octanol–water partition coefficient (Wildman–Crippen LogP) is 0.990. The minimum Gasteiger partial charge on any atom is -0.314 e. The van der Waals surface area contributed by atoms with Crippen LogP contribution >= 0.6 is 0 Å². The van der Waals surface area contributed by atoms with E-state index in [0.717, 1.165) is 38.6 Å². The summed E-state index contributed by atoms with van der Waals surface area (Å²) in [5.41, 5.74) is 0. The first-order valence-electron chi connectivity index (χ1n) is 6.40. The maximum absolute atomic E-state index is 11.9. The highest BCUT2D eigenvalue weighted by Gasteiger charge is 2.28. The normalized spacial score (nSPS) is 27.6. The van der Waals surface area contributed by atoms with Gasteiger partial charge in [0.2, 0.25) is 10.0 Å². The van der Waals surface area contributed by atoms with Crippen LogP contribution in [-0.4, -0.2) is 32.8 Å². The Morgan fingerprint density at radius 3 is 2.50 bits per heavy atom. The Balaban J connectivity index is 1.71. The SMILES string of the molecule is O=S(=O)(NCCC1CCCN1)C1CCCC1. The topological polar surface area (TPSA) is 58.2 Å². The van der Waals surface area contributed by atoms with Crippen LogP contribution in [0.15, 0.2) is 0 Å². The molecule has 1 heterocycles. The van der Waals surface area contributed by atoms with Crippen LogP contribution in [0.4, 0.5) is 0 Å². The summed E-state index contributed by atoms with van der Waals surface area (Å²) < 4.78 is 26.5. The summed E-state index contributed by atoms with van der Waals surface area (Å²) in [6, 6.07) is 0.520. The number of rotatable bonds is 5. The van der Waals surface area contributed by atoms with Crippen LogP contribution in [0.5, 0.6) is 0 Å². The second-order valence-electron chi connectivity index (χ2n) is 4.93. The largest absolute Gasteiger partial charge is 0.314 e. The van der Waals surface area contributed by atoms with E-state index in [0.29, 0.717) is 12.6 Å². The van der Waals surface area contributed by atoms with E-state index in [2.05, 4.69) is 10.0 Å². The summed E-state index contributed by atoms with van der Waals surface area (Å²) in [5.74, 6) is 0. The van der Waals surface area contributed by atoms with Crippen molar-refractivity contribution >= 4 is 10.0 Å². The first-order chi connectivity index (χ1) is 7.68. The van der Waals surface area contributed by atoms with Gasteiger partial charge in [-0.1, -0.05) is 12.8 Å². The molecule has 2 rings (SSSR count). The van der Waals surface area contributed by atoms with E-state index in [4.69, 9.17) is 0 Å². The molecule has 0 aromatic carbocycles. The Morgan fingerprint density at radius 1 is 1.12 bits per heavy atom. The fourth-order valence-corrected chi connectivity index (χ4v) is 4.29. The third kappa shape index (κ3) is 3.18. The molecule has 1 aliphatic heterocycles. The van der Waals surface area contributed by atoms with Crippen LogP contribution in [0.25, 0.3) is 0 Å². The second kappa shape index (κ2) is 5.47. The van der Waals surface area contributed by atoms with Gasteiger partial charge in [-0.15, -0.1) is 0 Å². The summed E-state index contributed by atoms with van der Waals surface area (Å²) in [6.07, 6.45) is 7.15. The molecule has 1 saturated heterocycles. The summed E-state index contributed by atoms with van der Waals surface area (Å²) in [5, 5.41) is 3.26. The van der Waals surface area contributed by atoms with Gasteiger partial charge in [0.15, 0.2) is 0 Å². The lowest BCUT2D eigenvalue weighted by Crippen LogP contribution is -2.35. The van der Waals surface area contributed by atoms with E-state index in [9.17, 15) is 8.42 Å². The van der Waals surface area contributed by atoms with Crippen LogP contribution in [0.3, 0.4) is 0 Å². The maximum Gasteiger partial charge on any atom is 0.214 e. The molecule has 1 atom stereocenters. The molecule has 4 nitrogen and oxygen atoms in total. The third-order valence-electron chi connectivity index (χ3n) is 3.70. The van der Waals surface area contributed by atoms with Crippen LogP contribution in [0.1, 0.15) is 44.9 Å². The Labute approximate surface area is 98.2 Å². The Bertz CT molecular complexity index is 304. The molecule has 16 heavy (non-hydrogen) atoms. The van der Waals surface area contributed by atoms with E-state index < -0.39 is 10.0 Å². The highest BCUT2D eigenvalue weighted by Crippen LogP contribution is 2.23. The van der Waals surface area contributed by atoms with Gasteiger partial charge in [0.25, 0.3) is 0 Å². The average molecular weight is 246 g/mol. The molecule has 0 spiro atoms. The van der Waals surface area contributed by atoms with Crippen molar-refractivity contribution in [3.63, 3.8) is 0 Å². The van der Waals surface area contributed by atoms with Gasteiger partial charge in [-0.2, -0.15) is 0 Å². The van der Waals surface area contributed by atoms with Crippen molar-refractivity contribution in [1.82, 2.24) is 10.0 Å². The van der Waals surface area contributed by atoms with Crippen molar-refractivity contribution in [3.8, 4) is 0 Å². The minimum atomic E-state index is -3.03. The van der Waals surface area contributed by atoms with Gasteiger partial charge in [0.1, 0.15) is 0 Å². The Kier molecular flexibility index (Phi) is 4.21. The lowest BCUT2D eigenvalue weighted by Gasteiger charge is -2.14. The monoisotopic (exact) mass is 246 g/mol. The first kappa shape index (κ1) is 12.3. The smallest absolute Gasteiger partial charge is 0.214 e. The van der Waals surface area contributed by atoms with Crippen molar-refractivity contribution in [2.24, 2.45) is 0 Å². The van der Waals surface area contributed by atoms with Crippen LogP contribution in [-0.2, 0) is 10.0 Å². The lowest BCUT2D eigenvalue weighted by molar-refractivity contribution is 0.532.